The van der Waals surface area contributed by atoms with Gasteiger partial charge in [-0.1, -0.05) is 29.8 Å². The third-order valence-electron chi connectivity index (χ3n) is 4.88. The zero-order valence-electron chi connectivity index (χ0n) is 16.7. The van der Waals surface area contributed by atoms with Gasteiger partial charge in [0.25, 0.3) is 11.6 Å². The highest BCUT2D eigenvalue weighted by atomic mass is 35.5. The van der Waals surface area contributed by atoms with Crippen LogP contribution in [0, 0.1) is 10.1 Å². The number of amides is 1. The van der Waals surface area contributed by atoms with E-state index < -0.39 is 4.92 Å². The maximum absolute atomic E-state index is 13.2. The van der Waals surface area contributed by atoms with E-state index in [2.05, 4.69) is 15.3 Å². The number of nitro groups is 1. The van der Waals surface area contributed by atoms with Gasteiger partial charge in [0, 0.05) is 28.5 Å². The van der Waals surface area contributed by atoms with E-state index in [1.807, 2.05) is 30.3 Å². The zero-order chi connectivity index (χ0) is 22.9. The number of non-ortho nitro benzene ring substituents is 1. The van der Waals surface area contributed by atoms with Crippen molar-refractivity contribution in [3.05, 3.63) is 92.1 Å². The predicted octanol–water partition coefficient (Wildman–Crippen LogP) is 6.90. The molecule has 33 heavy (non-hydrogen) atoms. The van der Waals surface area contributed by atoms with Crippen LogP contribution >= 0.6 is 34.3 Å². The Labute approximate surface area is 200 Å². The molecular weight excluding hydrogens is 480 g/mol. The van der Waals surface area contributed by atoms with Gasteiger partial charge >= 0.3 is 0 Å². The lowest BCUT2D eigenvalue weighted by molar-refractivity contribution is -0.384. The second-order valence-corrected chi connectivity index (χ2v) is 9.55. The predicted molar refractivity (Wildman–Crippen MR) is 132 cm³/mol. The number of halogens is 1. The van der Waals surface area contributed by atoms with Crippen molar-refractivity contribution in [3.8, 4) is 21.8 Å². The number of carbonyl (C=O) groups is 1. The van der Waals surface area contributed by atoms with Crippen LogP contribution < -0.4 is 5.32 Å². The Morgan fingerprint density at radius 3 is 2.52 bits per heavy atom. The molecule has 0 bridgehead atoms. The number of thiazole rings is 1. The Kier molecular flexibility index (Phi) is 5.59. The molecule has 0 spiro atoms. The summed E-state index contributed by atoms with van der Waals surface area (Å²) in [5, 5.41) is 16.7. The molecule has 10 heteroatoms. The Morgan fingerprint density at radius 2 is 1.79 bits per heavy atom. The second-order valence-electron chi connectivity index (χ2n) is 6.97. The molecule has 1 amide bonds. The fraction of sp³-hybridized carbons (Fsp3) is 0. The molecule has 3 heterocycles. The van der Waals surface area contributed by atoms with E-state index in [0.29, 0.717) is 31.9 Å². The van der Waals surface area contributed by atoms with E-state index in [-0.39, 0.29) is 11.6 Å². The van der Waals surface area contributed by atoms with E-state index in [1.165, 1.54) is 34.8 Å². The van der Waals surface area contributed by atoms with Crippen LogP contribution in [0.1, 0.15) is 10.4 Å². The lowest BCUT2D eigenvalue weighted by atomic mass is 10.1. The quantitative estimate of drug-likeness (QED) is 0.212. The number of thiophene rings is 1. The lowest BCUT2D eigenvalue weighted by Gasteiger charge is -2.08. The van der Waals surface area contributed by atoms with Crippen molar-refractivity contribution in [2.24, 2.45) is 0 Å². The number of carbonyl (C=O) groups excluding carboxylic acids is 1. The van der Waals surface area contributed by atoms with Crippen LogP contribution in [0.25, 0.3) is 32.7 Å². The number of benzene rings is 2. The fourth-order valence-electron chi connectivity index (χ4n) is 3.32. The van der Waals surface area contributed by atoms with Crippen molar-refractivity contribution < 1.29 is 9.72 Å². The second kappa shape index (κ2) is 8.70. The molecule has 0 unspecified atom stereocenters. The minimum Gasteiger partial charge on any atom is -0.298 e. The number of rotatable bonds is 5. The molecule has 0 atom stereocenters. The van der Waals surface area contributed by atoms with E-state index >= 15 is 0 Å². The van der Waals surface area contributed by atoms with Crippen molar-refractivity contribution in [1.29, 1.82) is 0 Å². The standard InChI is InChI=1S/C23H13ClN4O3S2/c24-21-10-9-20(33-21)18-11-16(15-3-1-2-4-17(15)25-18)22(29)27-23-26-19(12-32-23)13-5-7-14(8-6-13)28(30)31/h1-12H,(H,26,27,29). The van der Waals surface area contributed by atoms with Crippen molar-refractivity contribution >= 4 is 61.9 Å². The van der Waals surface area contributed by atoms with Crippen LogP contribution in [0.2, 0.25) is 4.34 Å². The molecule has 0 aliphatic rings. The molecule has 5 rings (SSSR count). The first kappa shape index (κ1) is 21.2. The summed E-state index contributed by atoms with van der Waals surface area (Å²) in [6, 6.07) is 19.0. The van der Waals surface area contributed by atoms with Gasteiger partial charge < -0.3 is 0 Å². The largest absolute Gasteiger partial charge is 0.298 e. The monoisotopic (exact) mass is 492 g/mol. The summed E-state index contributed by atoms with van der Waals surface area (Å²) in [6.07, 6.45) is 0. The van der Waals surface area contributed by atoms with Crippen LogP contribution in [0.4, 0.5) is 10.8 Å². The normalized spacial score (nSPS) is 10.9. The molecular formula is C23H13ClN4O3S2. The van der Waals surface area contributed by atoms with Crippen molar-refractivity contribution in [2.45, 2.75) is 0 Å². The molecule has 5 aromatic rings. The number of hydrogen-bond acceptors (Lipinski definition) is 7. The first-order valence-electron chi connectivity index (χ1n) is 9.65. The Bertz CT molecular complexity index is 1510. The molecule has 3 aromatic heterocycles. The van der Waals surface area contributed by atoms with E-state index in [4.69, 9.17) is 11.6 Å². The molecule has 0 aliphatic carbocycles. The highest BCUT2D eigenvalue weighted by Gasteiger charge is 2.17. The molecule has 0 radical (unpaired) electrons. The van der Waals surface area contributed by atoms with Gasteiger partial charge in [-0.2, -0.15) is 0 Å². The number of aromatic nitrogens is 2. The molecule has 7 nitrogen and oxygen atoms in total. The SMILES string of the molecule is O=C(Nc1nc(-c2ccc([N+](=O)[O-])cc2)cs1)c1cc(-c2ccc(Cl)s2)nc2ccccc12. The lowest BCUT2D eigenvalue weighted by Crippen LogP contribution is -2.13. The smallest absolute Gasteiger partial charge is 0.269 e. The first-order chi connectivity index (χ1) is 16.0. The molecule has 0 saturated heterocycles. The minimum atomic E-state index is -0.450. The molecule has 2 aromatic carbocycles. The summed E-state index contributed by atoms with van der Waals surface area (Å²) >= 11 is 8.76. The summed E-state index contributed by atoms with van der Waals surface area (Å²) in [7, 11) is 0. The van der Waals surface area contributed by atoms with Gasteiger partial charge in [0.15, 0.2) is 5.13 Å². The molecule has 1 N–H and O–H groups in total. The third-order valence-corrected chi connectivity index (χ3v) is 6.90. The van der Waals surface area contributed by atoms with Crippen LogP contribution in [0.15, 0.2) is 72.1 Å². The first-order valence-corrected chi connectivity index (χ1v) is 11.7. The van der Waals surface area contributed by atoms with Crippen LogP contribution in [0.3, 0.4) is 0 Å². The maximum Gasteiger partial charge on any atom is 0.269 e. The van der Waals surface area contributed by atoms with Gasteiger partial charge in [-0.15, -0.1) is 22.7 Å². The summed E-state index contributed by atoms with van der Waals surface area (Å²) in [4.78, 5) is 33.6. The number of para-hydroxylation sites is 1. The van der Waals surface area contributed by atoms with Crippen LogP contribution in [-0.2, 0) is 0 Å². The number of pyridine rings is 1. The van der Waals surface area contributed by atoms with Crippen LogP contribution in [-0.4, -0.2) is 20.8 Å². The van der Waals surface area contributed by atoms with Gasteiger partial charge in [0.1, 0.15) is 0 Å². The fourth-order valence-corrected chi connectivity index (χ4v) is 5.04. The number of anilines is 1. The molecule has 0 fully saturated rings. The number of nitrogens with one attached hydrogen (secondary N) is 1. The van der Waals surface area contributed by atoms with Gasteiger partial charge in [-0.25, -0.2) is 9.97 Å². The zero-order valence-corrected chi connectivity index (χ0v) is 19.1. The summed E-state index contributed by atoms with van der Waals surface area (Å²) in [5.74, 6) is -0.304. The Hall–Kier alpha value is -3.66. The van der Waals surface area contributed by atoms with Crippen molar-refractivity contribution in [1.82, 2.24) is 9.97 Å². The highest BCUT2D eigenvalue weighted by Crippen LogP contribution is 2.33. The number of hydrogen-bond donors (Lipinski definition) is 1. The van der Waals surface area contributed by atoms with Gasteiger partial charge in [0.2, 0.25) is 0 Å². The van der Waals surface area contributed by atoms with E-state index in [9.17, 15) is 14.9 Å². The summed E-state index contributed by atoms with van der Waals surface area (Å²) in [5.41, 5.74) is 3.21. The molecule has 0 saturated carbocycles. The average Bonchev–Trinajstić information content (AvgIpc) is 3.47. The number of nitro benzene ring substituents is 1. The minimum absolute atomic E-state index is 0.00917. The topological polar surface area (TPSA) is 98.0 Å². The molecule has 162 valence electrons. The Balaban J connectivity index is 1.45. The summed E-state index contributed by atoms with van der Waals surface area (Å²) < 4.78 is 0.646. The van der Waals surface area contributed by atoms with Crippen LogP contribution in [0.5, 0.6) is 0 Å². The highest BCUT2D eigenvalue weighted by molar-refractivity contribution is 7.19. The van der Waals surface area contributed by atoms with E-state index in [0.717, 1.165) is 15.8 Å². The van der Waals surface area contributed by atoms with Gasteiger partial charge in [-0.3, -0.25) is 20.2 Å². The summed E-state index contributed by atoms with van der Waals surface area (Å²) in [6.45, 7) is 0. The van der Waals surface area contributed by atoms with Gasteiger partial charge in [-0.05, 0) is 36.4 Å². The maximum atomic E-state index is 13.2. The number of fused-ring (bicyclic) bond motifs is 1. The van der Waals surface area contributed by atoms with Crippen molar-refractivity contribution in [3.63, 3.8) is 0 Å². The molecule has 0 aliphatic heterocycles. The Morgan fingerprint density at radius 1 is 1.00 bits per heavy atom. The number of nitrogens with zero attached hydrogens (tertiary/aromatic N) is 3. The van der Waals surface area contributed by atoms with Gasteiger partial charge in [0.05, 0.1) is 36.6 Å². The third kappa shape index (κ3) is 4.34. The average molecular weight is 493 g/mol. The van der Waals surface area contributed by atoms with E-state index in [1.54, 1.807) is 29.6 Å². The van der Waals surface area contributed by atoms with Crippen molar-refractivity contribution in [2.75, 3.05) is 5.32 Å².